The van der Waals surface area contributed by atoms with Gasteiger partial charge in [0.05, 0.1) is 18.1 Å². The summed E-state index contributed by atoms with van der Waals surface area (Å²) in [4.78, 5) is 8.00. The summed E-state index contributed by atoms with van der Waals surface area (Å²) in [5, 5.41) is 3.50. The van der Waals surface area contributed by atoms with Crippen molar-refractivity contribution < 1.29 is 9.47 Å². The number of aromatic nitrogens is 2. The van der Waals surface area contributed by atoms with Gasteiger partial charge in [0.15, 0.2) is 11.5 Å². The molecule has 0 bridgehead atoms. The van der Waals surface area contributed by atoms with Crippen molar-refractivity contribution in [3.63, 3.8) is 0 Å². The van der Waals surface area contributed by atoms with Crippen molar-refractivity contribution in [1.82, 2.24) is 15.3 Å². The molecule has 0 unspecified atom stereocenters. The molecule has 2 N–H and O–H groups in total. The van der Waals surface area contributed by atoms with Crippen LogP contribution in [0.25, 0.3) is 11.0 Å². The molecule has 0 amide bonds. The molecule has 0 atom stereocenters. The lowest BCUT2D eigenvalue weighted by Gasteiger charge is -2.16. The normalized spacial score (nSPS) is 11.0. The summed E-state index contributed by atoms with van der Waals surface area (Å²) in [7, 11) is 1.67. The quantitative estimate of drug-likeness (QED) is 0.396. The van der Waals surface area contributed by atoms with Crippen molar-refractivity contribution >= 4 is 11.0 Å². The first kappa shape index (κ1) is 20.0. The van der Waals surface area contributed by atoms with E-state index in [4.69, 9.17) is 9.47 Å². The summed E-state index contributed by atoms with van der Waals surface area (Å²) in [6, 6.07) is 22.5. The molecule has 0 radical (unpaired) electrons. The van der Waals surface area contributed by atoms with E-state index in [0.717, 1.165) is 52.4 Å². The lowest BCUT2D eigenvalue weighted by atomic mass is 10.1. The van der Waals surface area contributed by atoms with Gasteiger partial charge in [0.25, 0.3) is 0 Å². The van der Waals surface area contributed by atoms with E-state index in [9.17, 15) is 0 Å². The predicted octanol–water partition coefficient (Wildman–Crippen LogP) is 4.79. The molecule has 0 aliphatic carbocycles. The Hall–Kier alpha value is -3.31. The number of rotatable bonds is 9. The Bertz CT molecular complexity index is 1070. The van der Waals surface area contributed by atoms with Gasteiger partial charge in [-0.1, -0.05) is 54.1 Å². The fourth-order valence-corrected chi connectivity index (χ4v) is 3.42. The van der Waals surface area contributed by atoms with Crippen molar-refractivity contribution in [1.29, 1.82) is 0 Å². The average Bonchev–Trinajstić information content (AvgIpc) is 3.19. The number of imidazole rings is 1. The molecule has 1 heterocycles. The summed E-state index contributed by atoms with van der Waals surface area (Å²) >= 11 is 0. The van der Waals surface area contributed by atoms with Gasteiger partial charge in [-0.2, -0.15) is 0 Å². The zero-order valence-corrected chi connectivity index (χ0v) is 17.4. The second-order valence-corrected chi connectivity index (χ2v) is 7.35. The molecule has 4 rings (SSSR count). The molecule has 0 saturated heterocycles. The third-order valence-electron chi connectivity index (χ3n) is 5.08. The smallest absolute Gasteiger partial charge is 0.166 e. The Morgan fingerprint density at radius 2 is 1.80 bits per heavy atom. The molecule has 5 heteroatoms. The van der Waals surface area contributed by atoms with Gasteiger partial charge in [-0.25, -0.2) is 4.98 Å². The topological polar surface area (TPSA) is 59.2 Å². The molecular weight excluding hydrogens is 374 g/mol. The minimum Gasteiger partial charge on any atom is -0.493 e. The summed E-state index contributed by atoms with van der Waals surface area (Å²) in [5.41, 5.74) is 5.53. The molecule has 154 valence electrons. The maximum Gasteiger partial charge on any atom is 0.166 e. The van der Waals surface area contributed by atoms with E-state index in [1.54, 1.807) is 7.11 Å². The van der Waals surface area contributed by atoms with Crippen LogP contribution in [0.5, 0.6) is 11.5 Å². The zero-order chi connectivity index (χ0) is 20.8. The third-order valence-corrected chi connectivity index (χ3v) is 5.08. The van der Waals surface area contributed by atoms with E-state index in [1.165, 1.54) is 5.56 Å². The number of aromatic amines is 1. The summed E-state index contributed by atoms with van der Waals surface area (Å²) in [5.74, 6) is 2.53. The number of hydrogen-bond donors (Lipinski definition) is 2. The van der Waals surface area contributed by atoms with Crippen LogP contribution in [0.2, 0.25) is 0 Å². The van der Waals surface area contributed by atoms with E-state index in [1.807, 2.05) is 36.4 Å². The van der Waals surface area contributed by atoms with Crippen molar-refractivity contribution in [2.45, 2.75) is 26.5 Å². The van der Waals surface area contributed by atoms with Crippen molar-refractivity contribution in [2.75, 3.05) is 13.7 Å². The minimum atomic E-state index is 0.507. The summed E-state index contributed by atoms with van der Waals surface area (Å²) in [6.07, 6.45) is 0.832. The first-order valence-electron chi connectivity index (χ1n) is 10.2. The number of nitrogens with one attached hydrogen (secondary N) is 2. The predicted molar refractivity (Wildman–Crippen MR) is 120 cm³/mol. The van der Waals surface area contributed by atoms with Crippen LogP contribution in [0.1, 0.15) is 22.5 Å². The number of hydrogen-bond acceptors (Lipinski definition) is 4. The van der Waals surface area contributed by atoms with Crippen molar-refractivity contribution in [2.24, 2.45) is 0 Å². The number of ether oxygens (including phenoxy) is 2. The van der Waals surface area contributed by atoms with Crippen LogP contribution in [0.15, 0.2) is 66.7 Å². The lowest BCUT2D eigenvalue weighted by Crippen LogP contribution is -2.18. The van der Waals surface area contributed by atoms with Crippen molar-refractivity contribution in [3.05, 3.63) is 89.2 Å². The Morgan fingerprint density at radius 1 is 0.967 bits per heavy atom. The van der Waals surface area contributed by atoms with E-state index >= 15 is 0 Å². The fraction of sp³-hybridized carbons (Fsp3) is 0.240. The highest BCUT2D eigenvalue weighted by atomic mass is 16.5. The van der Waals surface area contributed by atoms with Crippen LogP contribution in [-0.2, 0) is 19.6 Å². The third kappa shape index (κ3) is 4.81. The molecule has 4 aromatic rings. The molecule has 0 fully saturated rings. The Kier molecular flexibility index (Phi) is 6.30. The molecule has 0 aliphatic heterocycles. The molecule has 1 aromatic heterocycles. The van der Waals surface area contributed by atoms with Gasteiger partial charge in [0, 0.05) is 25.1 Å². The monoisotopic (exact) mass is 401 g/mol. The van der Waals surface area contributed by atoms with Gasteiger partial charge in [-0.05, 0) is 30.7 Å². The van der Waals surface area contributed by atoms with E-state index in [0.29, 0.717) is 13.2 Å². The Balaban J connectivity index is 1.37. The summed E-state index contributed by atoms with van der Waals surface area (Å²) < 4.78 is 11.7. The second-order valence-electron chi connectivity index (χ2n) is 7.35. The molecule has 5 nitrogen and oxygen atoms in total. The van der Waals surface area contributed by atoms with Crippen LogP contribution in [0.3, 0.4) is 0 Å². The van der Waals surface area contributed by atoms with E-state index < -0.39 is 0 Å². The molecule has 30 heavy (non-hydrogen) atoms. The number of H-pyrrole nitrogens is 1. The van der Waals surface area contributed by atoms with Crippen LogP contribution in [0.4, 0.5) is 0 Å². The second kappa shape index (κ2) is 9.46. The standard InChI is InChI=1S/C25H27N3O2/c1-18-10-12-19(13-11-18)17-30-25-20(6-5-9-23(25)29-2)16-26-15-14-24-27-21-7-3-4-8-22(21)28-24/h3-13,26H,14-17H2,1-2H3,(H,27,28). The van der Waals surface area contributed by atoms with E-state index in [2.05, 4.69) is 52.5 Å². The highest BCUT2D eigenvalue weighted by Gasteiger charge is 2.11. The summed E-state index contributed by atoms with van der Waals surface area (Å²) in [6.45, 7) is 4.10. The van der Waals surface area contributed by atoms with Crippen LogP contribution < -0.4 is 14.8 Å². The van der Waals surface area contributed by atoms with Crippen molar-refractivity contribution in [3.8, 4) is 11.5 Å². The first-order chi connectivity index (χ1) is 14.7. The Labute approximate surface area is 177 Å². The number of para-hydroxylation sites is 3. The van der Waals surface area contributed by atoms with Gasteiger partial charge in [0.2, 0.25) is 0 Å². The maximum absolute atomic E-state index is 6.16. The number of fused-ring (bicyclic) bond motifs is 1. The SMILES string of the molecule is COc1cccc(CNCCc2nc3ccccc3[nH]2)c1OCc1ccc(C)cc1. The highest BCUT2D eigenvalue weighted by Crippen LogP contribution is 2.31. The number of methoxy groups -OCH3 is 1. The molecule has 3 aromatic carbocycles. The number of aryl methyl sites for hydroxylation is 1. The lowest BCUT2D eigenvalue weighted by molar-refractivity contribution is 0.280. The number of benzene rings is 3. The van der Waals surface area contributed by atoms with Crippen LogP contribution in [-0.4, -0.2) is 23.6 Å². The van der Waals surface area contributed by atoms with Gasteiger partial charge in [0.1, 0.15) is 12.4 Å². The van der Waals surface area contributed by atoms with Gasteiger partial charge in [-0.15, -0.1) is 0 Å². The van der Waals surface area contributed by atoms with Gasteiger partial charge in [-0.3, -0.25) is 0 Å². The molecule has 0 aliphatic rings. The highest BCUT2D eigenvalue weighted by molar-refractivity contribution is 5.74. The molecule has 0 saturated carbocycles. The average molecular weight is 402 g/mol. The molecular formula is C25H27N3O2. The Morgan fingerprint density at radius 3 is 2.60 bits per heavy atom. The minimum absolute atomic E-state index is 0.507. The van der Waals surface area contributed by atoms with E-state index in [-0.39, 0.29) is 0 Å². The van der Waals surface area contributed by atoms with Gasteiger partial charge >= 0.3 is 0 Å². The zero-order valence-electron chi connectivity index (χ0n) is 17.4. The van der Waals surface area contributed by atoms with Gasteiger partial charge < -0.3 is 19.8 Å². The first-order valence-corrected chi connectivity index (χ1v) is 10.2. The number of nitrogens with zero attached hydrogens (tertiary/aromatic N) is 1. The van der Waals surface area contributed by atoms with Crippen LogP contribution in [0, 0.1) is 6.92 Å². The largest absolute Gasteiger partial charge is 0.493 e. The maximum atomic E-state index is 6.16. The van der Waals surface area contributed by atoms with Crippen LogP contribution >= 0.6 is 0 Å². The molecule has 0 spiro atoms. The fourth-order valence-electron chi connectivity index (χ4n) is 3.42.